The number of rotatable bonds is 34. The summed E-state index contributed by atoms with van der Waals surface area (Å²) < 4.78 is 12.3. The molecule has 0 fully saturated rings. The molecule has 0 aliphatic rings. The van der Waals surface area contributed by atoms with Gasteiger partial charge in [0.1, 0.15) is 11.5 Å². The molecule has 0 amide bonds. The van der Waals surface area contributed by atoms with Crippen LogP contribution in [0, 0.1) is 13.8 Å². The predicted octanol–water partition coefficient (Wildman–Crippen LogP) is 16.4. The molecule has 0 radical (unpaired) electrons. The summed E-state index contributed by atoms with van der Waals surface area (Å²) in [5.41, 5.74) is 3.92. The fourth-order valence-corrected chi connectivity index (χ4v) is 6.69. The topological polar surface area (TPSA) is 43.2 Å². The van der Waals surface area contributed by atoms with Crippen LogP contribution in [0.5, 0.6) is 11.5 Å². The molecule has 0 aliphatic carbocycles. The van der Waals surface area contributed by atoms with Gasteiger partial charge in [-0.1, -0.05) is 193 Å². The molecule has 0 aliphatic heterocycles. The molecule has 50 heavy (non-hydrogen) atoms. The maximum absolute atomic E-state index is 6.17. The molecular formula is C46H78N2O2. The molecule has 4 nitrogen and oxygen atoms in total. The van der Waals surface area contributed by atoms with Gasteiger partial charge >= 0.3 is 0 Å². The van der Waals surface area contributed by atoms with E-state index < -0.39 is 0 Å². The van der Waals surface area contributed by atoms with E-state index in [4.69, 9.17) is 9.47 Å². The molecule has 284 valence electrons. The highest BCUT2D eigenvalue weighted by molar-refractivity contribution is 5.50. The maximum atomic E-state index is 6.17. The Labute approximate surface area is 310 Å². The smallest absolute Gasteiger partial charge is 0.124 e. The summed E-state index contributed by atoms with van der Waals surface area (Å²) in [7, 11) is 0. The van der Waals surface area contributed by atoms with Gasteiger partial charge in [-0.3, -0.25) is 0 Å². The predicted molar refractivity (Wildman–Crippen MR) is 218 cm³/mol. The van der Waals surface area contributed by atoms with Crippen LogP contribution in [0.4, 0.5) is 11.4 Å². The normalized spacial score (nSPS) is 11.5. The lowest BCUT2D eigenvalue weighted by molar-refractivity contribution is 0.302. The monoisotopic (exact) mass is 691 g/mol. The quantitative estimate of drug-likeness (QED) is 0.0542. The van der Waals surface area contributed by atoms with Crippen LogP contribution in [0.3, 0.4) is 0 Å². The Morgan fingerprint density at radius 3 is 0.900 bits per heavy atom. The van der Waals surface area contributed by atoms with Gasteiger partial charge in [0, 0.05) is 12.1 Å². The van der Waals surface area contributed by atoms with E-state index >= 15 is 0 Å². The van der Waals surface area contributed by atoms with Gasteiger partial charge in [-0.05, 0) is 49.9 Å². The lowest BCUT2D eigenvalue weighted by Gasteiger charge is -2.10. The minimum Gasteiger partial charge on any atom is -0.493 e. The number of ether oxygens (including phenoxy) is 2. The van der Waals surface area contributed by atoms with E-state index in [1.54, 1.807) is 0 Å². The van der Waals surface area contributed by atoms with Crippen LogP contribution in [0.25, 0.3) is 0 Å². The molecule has 2 rings (SSSR count). The largest absolute Gasteiger partial charge is 0.493 e. The average Bonchev–Trinajstić information content (AvgIpc) is 3.12. The molecule has 0 atom stereocenters. The highest BCUT2D eigenvalue weighted by atomic mass is 16.5. The van der Waals surface area contributed by atoms with Crippen LogP contribution in [-0.2, 0) is 0 Å². The first-order chi connectivity index (χ1) is 24.6. The van der Waals surface area contributed by atoms with Crippen molar-refractivity contribution in [3.63, 3.8) is 0 Å². The molecular weight excluding hydrogens is 613 g/mol. The van der Waals surface area contributed by atoms with Crippen molar-refractivity contribution in [3.05, 3.63) is 47.5 Å². The molecule has 0 spiro atoms. The van der Waals surface area contributed by atoms with Crippen LogP contribution in [0.1, 0.15) is 205 Å². The zero-order valence-electron chi connectivity index (χ0n) is 33.4. The summed E-state index contributed by atoms with van der Waals surface area (Å²) in [5.74, 6) is 1.83. The highest BCUT2D eigenvalue weighted by Gasteiger charge is 2.05. The zero-order valence-corrected chi connectivity index (χ0v) is 33.4. The van der Waals surface area contributed by atoms with Crippen LogP contribution < -0.4 is 9.47 Å². The van der Waals surface area contributed by atoms with Crippen molar-refractivity contribution in [2.24, 2.45) is 10.2 Å². The molecule has 0 bridgehead atoms. The first kappa shape index (κ1) is 43.8. The van der Waals surface area contributed by atoms with E-state index in [2.05, 4.69) is 50.1 Å². The average molecular weight is 691 g/mol. The van der Waals surface area contributed by atoms with Crippen molar-refractivity contribution in [2.75, 3.05) is 13.2 Å². The molecule has 0 heterocycles. The lowest BCUT2D eigenvalue weighted by Crippen LogP contribution is -1.99. The number of aryl methyl sites for hydroxylation is 2. The molecule has 4 heteroatoms. The van der Waals surface area contributed by atoms with Gasteiger partial charge in [0.05, 0.1) is 24.6 Å². The number of hydrogen-bond donors (Lipinski definition) is 0. The Morgan fingerprint density at radius 1 is 0.360 bits per heavy atom. The summed E-state index contributed by atoms with van der Waals surface area (Å²) in [6, 6.07) is 12.2. The van der Waals surface area contributed by atoms with Crippen LogP contribution in [0.2, 0.25) is 0 Å². The highest BCUT2D eigenvalue weighted by Crippen LogP contribution is 2.29. The summed E-state index contributed by atoms with van der Waals surface area (Å²) in [6.45, 7) is 10.3. The van der Waals surface area contributed by atoms with Crippen molar-refractivity contribution in [1.82, 2.24) is 0 Å². The number of benzene rings is 2. The van der Waals surface area contributed by atoms with E-state index in [-0.39, 0.29) is 0 Å². The van der Waals surface area contributed by atoms with Crippen molar-refractivity contribution in [3.8, 4) is 11.5 Å². The Morgan fingerprint density at radius 2 is 0.620 bits per heavy atom. The fourth-order valence-electron chi connectivity index (χ4n) is 6.69. The summed E-state index contributed by atoms with van der Waals surface area (Å²) in [5, 5.41) is 9.07. The van der Waals surface area contributed by atoms with Gasteiger partial charge in [-0.2, -0.15) is 10.2 Å². The second-order valence-corrected chi connectivity index (χ2v) is 15.0. The summed E-state index contributed by atoms with van der Waals surface area (Å²) in [4.78, 5) is 0. The lowest BCUT2D eigenvalue weighted by atomic mass is 10.0. The number of nitrogens with zero attached hydrogens (tertiary/aromatic N) is 2. The van der Waals surface area contributed by atoms with E-state index in [1.165, 1.54) is 167 Å². The molecule has 0 saturated heterocycles. The van der Waals surface area contributed by atoms with Crippen molar-refractivity contribution in [1.29, 1.82) is 0 Å². The van der Waals surface area contributed by atoms with E-state index in [9.17, 15) is 0 Å². The van der Waals surface area contributed by atoms with E-state index in [0.29, 0.717) is 0 Å². The minimum atomic E-state index is 0.761. The molecule has 2 aromatic rings. The summed E-state index contributed by atoms with van der Waals surface area (Å²) >= 11 is 0. The first-order valence-electron chi connectivity index (χ1n) is 21.5. The molecule has 0 unspecified atom stereocenters. The standard InChI is InChI=1S/C46H78N2O2/c1-5-7-9-11-13-15-17-19-21-23-25-27-29-31-37-49-45-39-43(35-33-41(45)3)47-48-44-36-34-42(4)46(40-44)50-38-32-30-28-26-24-22-20-18-16-14-12-10-8-6-2/h33-36,39-40H,5-32,37-38H2,1-4H3. The van der Waals surface area contributed by atoms with Gasteiger partial charge in [0.15, 0.2) is 0 Å². The second-order valence-electron chi connectivity index (χ2n) is 15.0. The first-order valence-corrected chi connectivity index (χ1v) is 21.5. The molecule has 0 saturated carbocycles. The Hall–Kier alpha value is -2.36. The van der Waals surface area contributed by atoms with E-state index in [1.807, 2.05) is 24.3 Å². The molecule has 0 aromatic heterocycles. The minimum absolute atomic E-state index is 0.761. The fraction of sp³-hybridized carbons (Fsp3) is 0.739. The maximum Gasteiger partial charge on any atom is 0.124 e. The van der Waals surface area contributed by atoms with Crippen LogP contribution in [-0.4, -0.2) is 13.2 Å². The van der Waals surface area contributed by atoms with Gasteiger partial charge < -0.3 is 9.47 Å². The number of azo groups is 1. The van der Waals surface area contributed by atoms with Crippen molar-refractivity contribution >= 4 is 11.4 Å². The second kappa shape index (κ2) is 31.4. The third-order valence-electron chi connectivity index (χ3n) is 10.1. The Bertz CT molecular complexity index is 1010. The number of hydrogen-bond acceptors (Lipinski definition) is 4. The van der Waals surface area contributed by atoms with Crippen LogP contribution >= 0.6 is 0 Å². The third kappa shape index (κ3) is 23.2. The van der Waals surface area contributed by atoms with Crippen molar-refractivity contribution in [2.45, 2.75) is 207 Å². The zero-order chi connectivity index (χ0) is 35.7. The van der Waals surface area contributed by atoms with Gasteiger partial charge in [0.25, 0.3) is 0 Å². The number of unbranched alkanes of at least 4 members (excludes halogenated alkanes) is 26. The third-order valence-corrected chi connectivity index (χ3v) is 10.1. The summed E-state index contributed by atoms with van der Waals surface area (Å²) in [6.07, 6.45) is 38.3. The van der Waals surface area contributed by atoms with Crippen molar-refractivity contribution < 1.29 is 9.47 Å². The SMILES string of the molecule is CCCCCCCCCCCCCCCCOc1cc(N=Nc2ccc(C)c(OCCCCCCCCCCCCCCCC)c2)ccc1C. The van der Waals surface area contributed by atoms with Crippen LogP contribution in [0.15, 0.2) is 46.6 Å². The molecule has 0 N–H and O–H groups in total. The molecule has 2 aromatic carbocycles. The Balaban J connectivity index is 1.56. The van der Waals surface area contributed by atoms with Gasteiger partial charge in [0.2, 0.25) is 0 Å². The Kier molecular flexibility index (Phi) is 27.5. The van der Waals surface area contributed by atoms with E-state index in [0.717, 1.165) is 60.1 Å². The van der Waals surface area contributed by atoms with Gasteiger partial charge in [-0.15, -0.1) is 0 Å². The van der Waals surface area contributed by atoms with Gasteiger partial charge in [-0.25, -0.2) is 0 Å².